The Labute approximate surface area is 91.9 Å². The zero-order valence-electron chi connectivity index (χ0n) is 9.59. The third-order valence-corrected chi connectivity index (χ3v) is 3.33. The number of rotatable bonds is 4. The monoisotopic (exact) mass is 204 g/mol. The van der Waals surface area contributed by atoms with Gasteiger partial charge in [0.1, 0.15) is 0 Å². The van der Waals surface area contributed by atoms with Crippen molar-refractivity contribution >= 4 is 11.4 Å². The first kappa shape index (κ1) is 10.3. The van der Waals surface area contributed by atoms with Gasteiger partial charge in [0.2, 0.25) is 0 Å². The van der Waals surface area contributed by atoms with Crippen LogP contribution < -0.4 is 11.1 Å². The van der Waals surface area contributed by atoms with Crippen LogP contribution in [0.5, 0.6) is 0 Å². The van der Waals surface area contributed by atoms with E-state index in [1.54, 1.807) is 0 Å². The molecule has 1 aliphatic carbocycles. The van der Waals surface area contributed by atoms with Crippen LogP contribution in [0.1, 0.15) is 25.3 Å². The molecular weight excluding hydrogens is 184 g/mol. The van der Waals surface area contributed by atoms with Gasteiger partial charge in [0.25, 0.3) is 0 Å². The maximum absolute atomic E-state index is 5.94. The molecule has 0 aromatic heterocycles. The van der Waals surface area contributed by atoms with Crippen molar-refractivity contribution in [1.29, 1.82) is 0 Å². The summed E-state index contributed by atoms with van der Waals surface area (Å²) in [7, 11) is 0. The summed E-state index contributed by atoms with van der Waals surface area (Å²) in [6.45, 7) is 5.46. The van der Waals surface area contributed by atoms with Crippen LogP contribution in [0.25, 0.3) is 0 Å². The van der Waals surface area contributed by atoms with E-state index in [-0.39, 0.29) is 0 Å². The fourth-order valence-electron chi connectivity index (χ4n) is 2.03. The zero-order chi connectivity index (χ0) is 10.8. The summed E-state index contributed by atoms with van der Waals surface area (Å²) in [5, 5.41) is 3.48. The molecule has 82 valence electrons. The largest absolute Gasteiger partial charge is 0.397 e. The van der Waals surface area contributed by atoms with Gasteiger partial charge in [0, 0.05) is 6.54 Å². The first-order valence-electron chi connectivity index (χ1n) is 5.77. The molecule has 0 bridgehead atoms. The molecule has 1 unspecified atom stereocenters. The summed E-state index contributed by atoms with van der Waals surface area (Å²) in [6, 6.07) is 6.05. The minimum absolute atomic E-state index is 0.768. The Balaban J connectivity index is 1.97. The molecule has 1 aromatic rings. The number of para-hydroxylation sites is 1. The predicted molar refractivity (Wildman–Crippen MR) is 66.0 cm³/mol. The lowest BCUT2D eigenvalue weighted by atomic mass is 10.1. The maximum Gasteiger partial charge on any atom is 0.0603 e. The van der Waals surface area contributed by atoms with Crippen LogP contribution in [0.4, 0.5) is 11.4 Å². The number of benzene rings is 1. The minimum atomic E-state index is 0.768. The first-order chi connectivity index (χ1) is 7.18. The van der Waals surface area contributed by atoms with Gasteiger partial charge in [0.15, 0.2) is 0 Å². The smallest absolute Gasteiger partial charge is 0.0603 e. The molecule has 0 amide bonds. The molecule has 0 aliphatic heterocycles. The normalized spacial score (nSPS) is 17.5. The van der Waals surface area contributed by atoms with E-state index < -0.39 is 0 Å². The van der Waals surface area contributed by atoms with Crippen LogP contribution in [-0.2, 0) is 0 Å². The van der Waals surface area contributed by atoms with E-state index >= 15 is 0 Å². The van der Waals surface area contributed by atoms with Crippen molar-refractivity contribution in [2.24, 2.45) is 11.8 Å². The van der Waals surface area contributed by atoms with Crippen molar-refractivity contribution in [2.45, 2.75) is 26.7 Å². The standard InChI is InChI=1S/C13H20N2/c1-9-4-3-5-12(14)13(9)15-8-10(2)11-6-7-11/h3-5,10-11,15H,6-8,14H2,1-2H3. The molecule has 15 heavy (non-hydrogen) atoms. The number of nitrogens with one attached hydrogen (secondary N) is 1. The number of nitrogen functional groups attached to an aromatic ring is 1. The molecule has 3 N–H and O–H groups in total. The minimum Gasteiger partial charge on any atom is -0.397 e. The molecule has 0 radical (unpaired) electrons. The van der Waals surface area contributed by atoms with Gasteiger partial charge in [-0.2, -0.15) is 0 Å². The fraction of sp³-hybridized carbons (Fsp3) is 0.538. The molecule has 0 heterocycles. The molecular formula is C13H20N2. The quantitative estimate of drug-likeness (QED) is 0.740. The summed E-state index contributed by atoms with van der Waals surface area (Å²) in [5.74, 6) is 1.71. The molecule has 2 heteroatoms. The number of nitrogens with two attached hydrogens (primary N) is 1. The van der Waals surface area contributed by atoms with Crippen LogP contribution in [0.3, 0.4) is 0 Å². The fourth-order valence-corrected chi connectivity index (χ4v) is 2.03. The number of aryl methyl sites for hydroxylation is 1. The van der Waals surface area contributed by atoms with E-state index in [0.29, 0.717) is 0 Å². The lowest BCUT2D eigenvalue weighted by Crippen LogP contribution is -2.14. The highest BCUT2D eigenvalue weighted by Gasteiger charge is 2.27. The lowest BCUT2D eigenvalue weighted by molar-refractivity contribution is 0.536. The summed E-state index contributed by atoms with van der Waals surface area (Å²) < 4.78 is 0. The number of hydrogen-bond acceptors (Lipinski definition) is 2. The van der Waals surface area contributed by atoms with E-state index in [0.717, 1.165) is 29.8 Å². The average molecular weight is 204 g/mol. The van der Waals surface area contributed by atoms with Gasteiger partial charge in [0.05, 0.1) is 11.4 Å². The second kappa shape index (κ2) is 4.13. The Kier molecular flexibility index (Phi) is 2.85. The molecule has 1 saturated carbocycles. The van der Waals surface area contributed by atoms with Gasteiger partial charge in [-0.25, -0.2) is 0 Å². The lowest BCUT2D eigenvalue weighted by Gasteiger charge is -2.16. The van der Waals surface area contributed by atoms with E-state index in [9.17, 15) is 0 Å². The summed E-state index contributed by atoms with van der Waals surface area (Å²) >= 11 is 0. The van der Waals surface area contributed by atoms with Gasteiger partial charge in [-0.3, -0.25) is 0 Å². The van der Waals surface area contributed by atoms with Crippen LogP contribution in [-0.4, -0.2) is 6.54 Å². The van der Waals surface area contributed by atoms with Crippen molar-refractivity contribution in [3.05, 3.63) is 23.8 Å². The van der Waals surface area contributed by atoms with Gasteiger partial charge in [-0.1, -0.05) is 19.1 Å². The van der Waals surface area contributed by atoms with E-state index in [4.69, 9.17) is 5.73 Å². The Morgan fingerprint density at radius 3 is 2.80 bits per heavy atom. The van der Waals surface area contributed by atoms with Crippen LogP contribution in [0, 0.1) is 18.8 Å². The third-order valence-electron chi connectivity index (χ3n) is 3.33. The average Bonchev–Trinajstić information content (AvgIpc) is 2.99. The second-order valence-electron chi connectivity index (χ2n) is 4.73. The Morgan fingerprint density at radius 2 is 2.20 bits per heavy atom. The molecule has 0 saturated heterocycles. The first-order valence-corrected chi connectivity index (χ1v) is 5.77. The second-order valence-corrected chi connectivity index (χ2v) is 4.73. The maximum atomic E-state index is 5.94. The Bertz CT molecular complexity index is 322. The molecule has 1 fully saturated rings. The van der Waals surface area contributed by atoms with Crippen molar-refractivity contribution in [2.75, 3.05) is 17.6 Å². The predicted octanol–water partition coefficient (Wildman–Crippen LogP) is 3.04. The number of hydrogen-bond donors (Lipinski definition) is 2. The van der Waals surface area contributed by atoms with Gasteiger partial charge in [-0.05, 0) is 43.2 Å². The van der Waals surface area contributed by atoms with Gasteiger partial charge >= 0.3 is 0 Å². The summed E-state index contributed by atoms with van der Waals surface area (Å²) in [4.78, 5) is 0. The molecule has 1 atom stereocenters. The van der Waals surface area contributed by atoms with Gasteiger partial charge in [-0.15, -0.1) is 0 Å². The van der Waals surface area contributed by atoms with Crippen molar-refractivity contribution in [1.82, 2.24) is 0 Å². The molecule has 1 aromatic carbocycles. The van der Waals surface area contributed by atoms with Crippen LogP contribution in [0.2, 0.25) is 0 Å². The zero-order valence-corrected chi connectivity index (χ0v) is 9.59. The van der Waals surface area contributed by atoms with Crippen LogP contribution >= 0.6 is 0 Å². The highest BCUT2D eigenvalue weighted by Crippen LogP contribution is 2.36. The van der Waals surface area contributed by atoms with Crippen molar-refractivity contribution in [3.8, 4) is 0 Å². The molecule has 2 nitrogen and oxygen atoms in total. The van der Waals surface area contributed by atoms with Crippen molar-refractivity contribution in [3.63, 3.8) is 0 Å². The Morgan fingerprint density at radius 1 is 1.47 bits per heavy atom. The Hall–Kier alpha value is -1.18. The third kappa shape index (κ3) is 2.44. The molecule has 0 spiro atoms. The summed E-state index contributed by atoms with van der Waals surface area (Å²) in [5.41, 5.74) is 9.15. The SMILES string of the molecule is Cc1cccc(N)c1NCC(C)C1CC1. The highest BCUT2D eigenvalue weighted by atomic mass is 14.9. The molecule has 1 aliphatic rings. The van der Waals surface area contributed by atoms with E-state index in [1.165, 1.54) is 18.4 Å². The van der Waals surface area contributed by atoms with Crippen molar-refractivity contribution < 1.29 is 0 Å². The topological polar surface area (TPSA) is 38.0 Å². The summed E-state index contributed by atoms with van der Waals surface area (Å²) in [6.07, 6.45) is 2.82. The number of anilines is 2. The van der Waals surface area contributed by atoms with Crippen LogP contribution in [0.15, 0.2) is 18.2 Å². The highest BCUT2D eigenvalue weighted by molar-refractivity contribution is 5.69. The van der Waals surface area contributed by atoms with E-state index in [2.05, 4.69) is 25.2 Å². The van der Waals surface area contributed by atoms with E-state index in [1.807, 2.05) is 12.1 Å². The van der Waals surface area contributed by atoms with Gasteiger partial charge < -0.3 is 11.1 Å². The molecule has 2 rings (SSSR count).